The summed E-state index contributed by atoms with van der Waals surface area (Å²) in [6.07, 6.45) is 9.95. The van der Waals surface area contributed by atoms with Crippen LogP contribution in [0.1, 0.15) is 57.8 Å². The summed E-state index contributed by atoms with van der Waals surface area (Å²) in [5.41, 5.74) is 0. The van der Waals surface area contributed by atoms with Gasteiger partial charge in [-0.05, 0) is 19.3 Å². The molecule has 1 aliphatic rings. The van der Waals surface area contributed by atoms with Gasteiger partial charge in [0.15, 0.2) is 0 Å². The number of carbonyl (C=O) groups excluding carboxylic acids is 1. The summed E-state index contributed by atoms with van der Waals surface area (Å²) in [5, 5.41) is 3.12. The fourth-order valence-corrected chi connectivity index (χ4v) is 2.01. The molecule has 1 fully saturated rings. The summed E-state index contributed by atoms with van der Waals surface area (Å²) in [5.74, 6) is 0.241. The molecule has 14 heavy (non-hydrogen) atoms. The van der Waals surface area contributed by atoms with Gasteiger partial charge in [-0.15, -0.1) is 0 Å². The summed E-state index contributed by atoms with van der Waals surface area (Å²) in [7, 11) is 0. The van der Waals surface area contributed by atoms with Gasteiger partial charge in [0.25, 0.3) is 0 Å². The first-order valence-corrected chi connectivity index (χ1v) is 5.91. The van der Waals surface area contributed by atoms with E-state index in [9.17, 15) is 4.79 Å². The molecule has 81 valence electrons. The number of hydrogen-bond donors (Lipinski definition) is 1. The van der Waals surface area contributed by atoms with Crippen molar-refractivity contribution in [2.24, 2.45) is 0 Å². The maximum absolute atomic E-state index is 11.5. The van der Waals surface area contributed by atoms with Gasteiger partial charge in [0.1, 0.15) is 0 Å². The van der Waals surface area contributed by atoms with E-state index in [1.165, 1.54) is 32.1 Å². The van der Waals surface area contributed by atoms with Crippen molar-refractivity contribution in [3.05, 3.63) is 6.92 Å². The van der Waals surface area contributed by atoms with Crippen LogP contribution in [0.5, 0.6) is 0 Å². The van der Waals surface area contributed by atoms with Crippen LogP contribution >= 0.6 is 0 Å². The van der Waals surface area contributed by atoms with Gasteiger partial charge >= 0.3 is 0 Å². The third-order valence-corrected chi connectivity index (χ3v) is 2.87. The second kappa shape index (κ2) is 6.86. The van der Waals surface area contributed by atoms with Gasteiger partial charge in [-0.2, -0.15) is 0 Å². The quantitative estimate of drug-likeness (QED) is 0.673. The molecule has 0 unspecified atom stereocenters. The lowest BCUT2D eigenvalue weighted by molar-refractivity contribution is -0.122. The fourth-order valence-electron chi connectivity index (χ4n) is 2.01. The molecule has 0 aromatic rings. The van der Waals surface area contributed by atoms with Crippen molar-refractivity contribution in [2.45, 2.75) is 63.8 Å². The minimum absolute atomic E-state index is 0.241. The van der Waals surface area contributed by atoms with E-state index in [1.54, 1.807) is 0 Å². The lowest BCUT2D eigenvalue weighted by Gasteiger charge is -2.22. The van der Waals surface area contributed by atoms with Crippen molar-refractivity contribution in [3.8, 4) is 0 Å². The van der Waals surface area contributed by atoms with Crippen LogP contribution < -0.4 is 5.32 Å². The van der Waals surface area contributed by atoms with Crippen LogP contribution in [0.3, 0.4) is 0 Å². The van der Waals surface area contributed by atoms with Crippen molar-refractivity contribution in [1.29, 1.82) is 0 Å². The van der Waals surface area contributed by atoms with E-state index < -0.39 is 0 Å². The molecule has 1 saturated carbocycles. The molecule has 0 saturated heterocycles. The lowest BCUT2D eigenvalue weighted by atomic mass is 9.95. The molecule has 0 spiro atoms. The average molecular weight is 196 g/mol. The normalized spacial score (nSPS) is 18.1. The maximum atomic E-state index is 11.5. The van der Waals surface area contributed by atoms with Crippen molar-refractivity contribution < 1.29 is 4.79 Å². The molecule has 1 aliphatic carbocycles. The molecule has 0 aromatic carbocycles. The molecule has 0 aromatic heterocycles. The Labute approximate surface area is 87.5 Å². The summed E-state index contributed by atoms with van der Waals surface area (Å²) in [4.78, 5) is 11.5. The van der Waals surface area contributed by atoms with Crippen molar-refractivity contribution in [3.63, 3.8) is 0 Å². The molecule has 0 heterocycles. The first kappa shape index (κ1) is 11.5. The molecule has 1 amide bonds. The Hall–Kier alpha value is -0.530. The van der Waals surface area contributed by atoms with Crippen molar-refractivity contribution in [1.82, 2.24) is 5.32 Å². The van der Waals surface area contributed by atoms with Crippen molar-refractivity contribution in [2.75, 3.05) is 0 Å². The summed E-state index contributed by atoms with van der Waals surface area (Å²) >= 11 is 0. The predicted molar refractivity (Wildman–Crippen MR) is 58.8 cm³/mol. The zero-order valence-corrected chi connectivity index (χ0v) is 9.06. The number of carbonyl (C=O) groups is 1. The highest BCUT2D eigenvalue weighted by Gasteiger charge is 2.14. The average Bonchev–Trinajstić information content (AvgIpc) is 2.20. The van der Waals surface area contributed by atoms with E-state index in [4.69, 9.17) is 0 Å². The minimum Gasteiger partial charge on any atom is -0.353 e. The maximum Gasteiger partial charge on any atom is 0.220 e. The second-order valence-corrected chi connectivity index (χ2v) is 4.21. The Bertz CT molecular complexity index is 162. The van der Waals surface area contributed by atoms with Crippen LogP contribution in [0.25, 0.3) is 0 Å². The first-order chi connectivity index (χ1) is 6.83. The van der Waals surface area contributed by atoms with Gasteiger partial charge in [-0.1, -0.05) is 39.0 Å². The van der Waals surface area contributed by atoms with Crippen LogP contribution in [-0.2, 0) is 4.79 Å². The third-order valence-electron chi connectivity index (χ3n) is 2.87. The van der Waals surface area contributed by atoms with E-state index >= 15 is 0 Å². The summed E-state index contributed by atoms with van der Waals surface area (Å²) in [6.45, 7) is 3.77. The number of nitrogens with one attached hydrogen (secondary N) is 1. The monoisotopic (exact) mass is 196 g/mol. The lowest BCUT2D eigenvalue weighted by Crippen LogP contribution is -2.35. The van der Waals surface area contributed by atoms with Crippen LogP contribution in [0.4, 0.5) is 0 Å². The molecule has 1 N–H and O–H groups in total. The molecular weight excluding hydrogens is 174 g/mol. The standard InChI is InChI=1S/C12H22NO/c1-2-3-5-10-12(14)13-11-8-6-4-7-9-11/h11H,1-10H2,(H,13,14). The van der Waals surface area contributed by atoms with Gasteiger partial charge in [-0.25, -0.2) is 0 Å². The molecule has 0 atom stereocenters. The Balaban J connectivity index is 2.06. The molecule has 2 nitrogen and oxygen atoms in total. The third kappa shape index (κ3) is 4.64. The van der Waals surface area contributed by atoms with Crippen LogP contribution in [0.2, 0.25) is 0 Å². The topological polar surface area (TPSA) is 29.1 Å². The van der Waals surface area contributed by atoms with Crippen molar-refractivity contribution >= 4 is 5.91 Å². The van der Waals surface area contributed by atoms with E-state index in [2.05, 4.69) is 12.2 Å². The number of hydrogen-bond acceptors (Lipinski definition) is 1. The molecule has 1 radical (unpaired) electrons. The Morgan fingerprint density at radius 3 is 2.57 bits per heavy atom. The summed E-state index contributed by atoms with van der Waals surface area (Å²) < 4.78 is 0. The number of unbranched alkanes of at least 4 members (excludes halogenated alkanes) is 2. The first-order valence-electron chi connectivity index (χ1n) is 5.91. The SMILES string of the molecule is [CH2]CCCCC(=O)NC1CCCCC1. The highest BCUT2D eigenvalue weighted by atomic mass is 16.1. The van der Waals surface area contributed by atoms with E-state index in [1.807, 2.05) is 0 Å². The molecule has 2 heteroatoms. The van der Waals surface area contributed by atoms with Crippen LogP contribution in [-0.4, -0.2) is 11.9 Å². The Kier molecular flexibility index (Phi) is 5.65. The molecule has 0 bridgehead atoms. The van der Waals surface area contributed by atoms with Gasteiger partial charge in [0, 0.05) is 12.5 Å². The number of rotatable bonds is 5. The highest BCUT2D eigenvalue weighted by molar-refractivity contribution is 5.76. The zero-order valence-electron chi connectivity index (χ0n) is 9.06. The van der Waals surface area contributed by atoms with Gasteiger partial charge in [-0.3, -0.25) is 4.79 Å². The van der Waals surface area contributed by atoms with E-state index in [-0.39, 0.29) is 5.91 Å². The molecule has 1 rings (SSSR count). The smallest absolute Gasteiger partial charge is 0.220 e. The molecular formula is C12H22NO. The second-order valence-electron chi connectivity index (χ2n) is 4.21. The number of amides is 1. The Morgan fingerprint density at radius 1 is 1.21 bits per heavy atom. The fraction of sp³-hybridized carbons (Fsp3) is 0.833. The van der Waals surface area contributed by atoms with E-state index in [0.29, 0.717) is 12.5 Å². The van der Waals surface area contributed by atoms with E-state index in [0.717, 1.165) is 19.3 Å². The van der Waals surface area contributed by atoms with Gasteiger partial charge < -0.3 is 5.32 Å². The Morgan fingerprint density at radius 2 is 1.93 bits per heavy atom. The highest BCUT2D eigenvalue weighted by Crippen LogP contribution is 2.17. The van der Waals surface area contributed by atoms with Crippen LogP contribution in [0, 0.1) is 6.92 Å². The minimum atomic E-state index is 0.241. The summed E-state index contributed by atoms with van der Waals surface area (Å²) in [6, 6.07) is 0.469. The van der Waals surface area contributed by atoms with Crippen LogP contribution in [0.15, 0.2) is 0 Å². The molecule has 0 aliphatic heterocycles. The van der Waals surface area contributed by atoms with Gasteiger partial charge in [0.2, 0.25) is 5.91 Å². The van der Waals surface area contributed by atoms with Gasteiger partial charge in [0.05, 0.1) is 0 Å². The zero-order chi connectivity index (χ0) is 10.2. The predicted octanol–water partition coefficient (Wildman–Crippen LogP) is 2.83. The largest absolute Gasteiger partial charge is 0.353 e.